The van der Waals surface area contributed by atoms with Crippen molar-refractivity contribution in [1.82, 2.24) is 5.32 Å². The highest BCUT2D eigenvalue weighted by atomic mass is 16.3. The van der Waals surface area contributed by atoms with E-state index >= 15 is 0 Å². The standard InChI is InChI=1S/C19H23NO3/c21-16-8-2-13(3-9-16)1-6-15-7-12-18(20-15)19(23)14-4-10-17(22)11-5-14/h2-5,8-11,15,18-23H,1,6-7,12H2/t15-,18+,19?/m1/s1. The van der Waals surface area contributed by atoms with E-state index in [0.717, 1.165) is 31.2 Å². The van der Waals surface area contributed by atoms with E-state index in [1.165, 1.54) is 5.56 Å². The Kier molecular flexibility index (Phi) is 4.84. The summed E-state index contributed by atoms with van der Waals surface area (Å²) < 4.78 is 0. The van der Waals surface area contributed by atoms with Crippen molar-refractivity contribution < 1.29 is 15.3 Å². The van der Waals surface area contributed by atoms with Gasteiger partial charge >= 0.3 is 0 Å². The number of aliphatic hydroxyl groups excluding tert-OH is 1. The molecule has 0 bridgehead atoms. The van der Waals surface area contributed by atoms with Gasteiger partial charge in [0.15, 0.2) is 0 Å². The lowest BCUT2D eigenvalue weighted by atomic mass is 10.0. The molecule has 1 heterocycles. The maximum atomic E-state index is 10.5. The maximum absolute atomic E-state index is 10.5. The number of hydrogen-bond donors (Lipinski definition) is 4. The molecule has 1 fully saturated rings. The van der Waals surface area contributed by atoms with Gasteiger partial charge < -0.3 is 20.6 Å². The van der Waals surface area contributed by atoms with Crippen molar-refractivity contribution in [3.8, 4) is 11.5 Å². The Bertz CT molecular complexity index is 624. The molecule has 2 aromatic carbocycles. The highest BCUT2D eigenvalue weighted by Gasteiger charge is 2.29. The largest absolute Gasteiger partial charge is 0.508 e. The fraction of sp³-hybridized carbons (Fsp3) is 0.368. The number of nitrogens with one attached hydrogen (secondary N) is 1. The van der Waals surface area contributed by atoms with E-state index in [1.54, 1.807) is 36.4 Å². The Balaban J connectivity index is 1.51. The predicted molar refractivity (Wildman–Crippen MR) is 89.4 cm³/mol. The molecule has 0 radical (unpaired) electrons. The Labute approximate surface area is 136 Å². The third-order valence-electron chi connectivity index (χ3n) is 4.61. The molecule has 1 saturated heterocycles. The van der Waals surface area contributed by atoms with Crippen LogP contribution in [0.5, 0.6) is 11.5 Å². The van der Waals surface area contributed by atoms with Crippen molar-refractivity contribution in [3.63, 3.8) is 0 Å². The topological polar surface area (TPSA) is 72.7 Å². The minimum absolute atomic E-state index is 0.0596. The average molecular weight is 313 g/mol. The van der Waals surface area contributed by atoms with E-state index in [-0.39, 0.29) is 11.8 Å². The minimum atomic E-state index is -0.547. The van der Waals surface area contributed by atoms with Gasteiger partial charge in [-0.3, -0.25) is 0 Å². The van der Waals surface area contributed by atoms with Crippen LogP contribution in [0.3, 0.4) is 0 Å². The monoisotopic (exact) mass is 313 g/mol. The van der Waals surface area contributed by atoms with Crippen LogP contribution in [0.1, 0.15) is 36.5 Å². The van der Waals surface area contributed by atoms with Crippen molar-refractivity contribution in [2.75, 3.05) is 0 Å². The number of phenols is 2. The van der Waals surface area contributed by atoms with Gasteiger partial charge in [-0.15, -0.1) is 0 Å². The number of phenolic OH excluding ortho intramolecular Hbond substituents is 2. The van der Waals surface area contributed by atoms with Gasteiger partial charge in [-0.1, -0.05) is 24.3 Å². The summed E-state index contributed by atoms with van der Waals surface area (Å²) in [6.45, 7) is 0. The summed E-state index contributed by atoms with van der Waals surface area (Å²) in [6, 6.07) is 14.6. The predicted octanol–water partition coefficient (Wildman–Crippen LogP) is 2.88. The molecule has 4 heteroatoms. The van der Waals surface area contributed by atoms with Crippen LogP contribution in [0.15, 0.2) is 48.5 Å². The first-order valence-electron chi connectivity index (χ1n) is 8.13. The quantitative estimate of drug-likeness (QED) is 0.685. The first kappa shape index (κ1) is 15.8. The molecule has 0 spiro atoms. The molecular formula is C19H23NO3. The zero-order chi connectivity index (χ0) is 16.2. The first-order chi connectivity index (χ1) is 11.1. The summed E-state index contributed by atoms with van der Waals surface area (Å²) >= 11 is 0. The van der Waals surface area contributed by atoms with E-state index in [2.05, 4.69) is 5.32 Å². The van der Waals surface area contributed by atoms with Gasteiger partial charge in [0.25, 0.3) is 0 Å². The number of aryl methyl sites for hydroxylation is 1. The van der Waals surface area contributed by atoms with Crippen LogP contribution in [0, 0.1) is 0 Å². The molecule has 0 amide bonds. The molecule has 0 aromatic heterocycles. The third kappa shape index (κ3) is 4.03. The Morgan fingerprint density at radius 1 is 0.913 bits per heavy atom. The molecule has 1 aliphatic heterocycles. The van der Waals surface area contributed by atoms with Gasteiger partial charge in [-0.25, -0.2) is 0 Å². The first-order valence-corrected chi connectivity index (χ1v) is 8.13. The van der Waals surface area contributed by atoms with Gasteiger partial charge in [-0.2, -0.15) is 0 Å². The second-order valence-electron chi connectivity index (χ2n) is 6.29. The van der Waals surface area contributed by atoms with Crippen LogP contribution < -0.4 is 5.32 Å². The van der Waals surface area contributed by atoms with Gasteiger partial charge in [0.05, 0.1) is 6.10 Å². The summed E-state index contributed by atoms with van der Waals surface area (Å²) in [7, 11) is 0. The molecule has 2 aromatic rings. The minimum Gasteiger partial charge on any atom is -0.508 e. The van der Waals surface area contributed by atoms with Crippen molar-refractivity contribution in [2.24, 2.45) is 0 Å². The van der Waals surface area contributed by atoms with Crippen LogP contribution in [0.4, 0.5) is 0 Å². The molecule has 1 unspecified atom stereocenters. The van der Waals surface area contributed by atoms with Crippen LogP contribution >= 0.6 is 0 Å². The number of benzene rings is 2. The summed E-state index contributed by atoms with van der Waals surface area (Å²) in [5, 5.41) is 32.6. The molecule has 3 atom stereocenters. The molecule has 0 aliphatic carbocycles. The zero-order valence-electron chi connectivity index (χ0n) is 13.0. The number of aliphatic hydroxyl groups is 1. The van der Waals surface area contributed by atoms with E-state index in [0.29, 0.717) is 11.8 Å². The van der Waals surface area contributed by atoms with Crippen LogP contribution in [-0.2, 0) is 6.42 Å². The highest BCUT2D eigenvalue weighted by molar-refractivity contribution is 5.28. The molecule has 4 N–H and O–H groups in total. The van der Waals surface area contributed by atoms with Gasteiger partial charge in [0.1, 0.15) is 11.5 Å². The van der Waals surface area contributed by atoms with Gasteiger partial charge in [0, 0.05) is 12.1 Å². The normalized spacial score (nSPS) is 22.1. The SMILES string of the molecule is Oc1ccc(CC[C@@H]2CC[C@@H](C(O)c3ccc(O)cc3)N2)cc1. The number of rotatable bonds is 5. The number of hydrogen-bond acceptors (Lipinski definition) is 4. The van der Waals surface area contributed by atoms with E-state index in [1.807, 2.05) is 12.1 Å². The van der Waals surface area contributed by atoms with Crippen LogP contribution in [-0.4, -0.2) is 27.4 Å². The molecule has 3 rings (SSSR count). The Morgan fingerprint density at radius 3 is 2.17 bits per heavy atom. The van der Waals surface area contributed by atoms with Gasteiger partial charge in [-0.05, 0) is 61.1 Å². The summed E-state index contributed by atoms with van der Waals surface area (Å²) in [5.41, 5.74) is 2.05. The van der Waals surface area contributed by atoms with Crippen LogP contribution in [0.2, 0.25) is 0 Å². The second-order valence-corrected chi connectivity index (χ2v) is 6.29. The maximum Gasteiger partial charge on any atom is 0.115 e. The third-order valence-corrected chi connectivity index (χ3v) is 4.61. The summed E-state index contributed by atoms with van der Waals surface area (Å²) in [6.07, 6.45) is 3.43. The van der Waals surface area contributed by atoms with E-state index < -0.39 is 6.10 Å². The van der Waals surface area contributed by atoms with Crippen molar-refractivity contribution >= 4 is 0 Å². The van der Waals surface area contributed by atoms with Gasteiger partial charge in [0.2, 0.25) is 0 Å². The molecule has 4 nitrogen and oxygen atoms in total. The van der Waals surface area contributed by atoms with Crippen molar-refractivity contribution in [2.45, 2.75) is 43.9 Å². The number of aromatic hydroxyl groups is 2. The molecule has 1 aliphatic rings. The Hall–Kier alpha value is -2.04. The van der Waals surface area contributed by atoms with Crippen LogP contribution in [0.25, 0.3) is 0 Å². The molecular weight excluding hydrogens is 290 g/mol. The average Bonchev–Trinajstić information content (AvgIpc) is 3.03. The molecule has 23 heavy (non-hydrogen) atoms. The van der Waals surface area contributed by atoms with E-state index in [9.17, 15) is 15.3 Å². The lowest BCUT2D eigenvalue weighted by Gasteiger charge is -2.20. The highest BCUT2D eigenvalue weighted by Crippen LogP contribution is 2.28. The van der Waals surface area contributed by atoms with Crippen molar-refractivity contribution in [3.05, 3.63) is 59.7 Å². The molecule has 122 valence electrons. The lowest BCUT2D eigenvalue weighted by Crippen LogP contribution is -2.34. The summed E-state index contributed by atoms with van der Waals surface area (Å²) in [4.78, 5) is 0. The zero-order valence-corrected chi connectivity index (χ0v) is 13.0. The lowest BCUT2D eigenvalue weighted by molar-refractivity contribution is 0.135. The fourth-order valence-corrected chi connectivity index (χ4v) is 3.23. The smallest absolute Gasteiger partial charge is 0.115 e. The second kappa shape index (κ2) is 7.02. The van der Waals surface area contributed by atoms with E-state index in [4.69, 9.17) is 0 Å². The fourth-order valence-electron chi connectivity index (χ4n) is 3.23. The Morgan fingerprint density at radius 2 is 1.52 bits per heavy atom. The summed E-state index contributed by atoms with van der Waals surface area (Å²) in [5.74, 6) is 0.511. The van der Waals surface area contributed by atoms with Crippen molar-refractivity contribution in [1.29, 1.82) is 0 Å². The molecule has 0 saturated carbocycles.